The van der Waals surface area contributed by atoms with Crippen LogP contribution in [0.1, 0.15) is 29.3 Å². The molecule has 6 nitrogen and oxygen atoms in total. The molecule has 1 aromatic carbocycles. The van der Waals surface area contributed by atoms with Gasteiger partial charge >= 0.3 is 5.97 Å². The van der Waals surface area contributed by atoms with E-state index in [0.29, 0.717) is 24.4 Å². The molecular weight excluding hydrogens is 296 g/mol. The quantitative estimate of drug-likeness (QED) is 0.756. The Morgan fingerprint density at radius 2 is 2.30 bits per heavy atom. The van der Waals surface area contributed by atoms with Crippen LogP contribution >= 0.6 is 0 Å². The number of benzene rings is 1. The SMILES string of the molecule is C/C=C(\C/C=C\COC)C1N=C(c2cccc(C(=O)O)c2)NO1. The molecule has 0 aromatic heterocycles. The zero-order valence-corrected chi connectivity index (χ0v) is 13.2. The van der Waals surface area contributed by atoms with Crippen molar-refractivity contribution in [2.24, 2.45) is 4.99 Å². The van der Waals surface area contributed by atoms with Crippen molar-refractivity contribution in [2.75, 3.05) is 13.7 Å². The number of aromatic carboxylic acids is 1. The van der Waals surface area contributed by atoms with Crippen molar-refractivity contribution in [1.82, 2.24) is 5.48 Å². The van der Waals surface area contributed by atoms with E-state index in [9.17, 15) is 4.79 Å². The van der Waals surface area contributed by atoms with E-state index < -0.39 is 12.2 Å². The van der Waals surface area contributed by atoms with Gasteiger partial charge in [0.25, 0.3) is 0 Å². The number of carboxylic acid groups (broad SMARTS) is 1. The van der Waals surface area contributed by atoms with Crippen molar-refractivity contribution in [1.29, 1.82) is 0 Å². The predicted molar refractivity (Wildman–Crippen MR) is 87.3 cm³/mol. The van der Waals surface area contributed by atoms with Crippen LogP contribution in [0.2, 0.25) is 0 Å². The molecule has 6 heteroatoms. The van der Waals surface area contributed by atoms with Gasteiger partial charge in [-0.05, 0) is 31.1 Å². The minimum Gasteiger partial charge on any atom is -0.478 e. The number of rotatable bonds is 7. The van der Waals surface area contributed by atoms with Crippen LogP contribution in [0.25, 0.3) is 0 Å². The first-order chi connectivity index (χ1) is 11.2. The van der Waals surface area contributed by atoms with Crippen LogP contribution in [0.3, 0.4) is 0 Å². The van der Waals surface area contributed by atoms with Crippen molar-refractivity contribution in [3.63, 3.8) is 0 Å². The highest BCUT2D eigenvalue weighted by atomic mass is 16.7. The van der Waals surface area contributed by atoms with Gasteiger partial charge in [-0.2, -0.15) is 0 Å². The molecule has 1 heterocycles. The van der Waals surface area contributed by atoms with Gasteiger partial charge in [-0.15, -0.1) is 0 Å². The number of methoxy groups -OCH3 is 1. The number of amidine groups is 1. The smallest absolute Gasteiger partial charge is 0.335 e. The Hall–Kier alpha value is -2.44. The number of nitrogens with one attached hydrogen (secondary N) is 1. The molecule has 1 aromatic rings. The van der Waals surface area contributed by atoms with Crippen LogP contribution in [0.4, 0.5) is 0 Å². The Morgan fingerprint density at radius 1 is 1.48 bits per heavy atom. The number of aliphatic imine (C=N–C) groups is 1. The van der Waals surface area contributed by atoms with E-state index in [4.69, 9.17) is 14.7 Å². The second kappa shape index (κ2) is 8.26. The van der Waals surface area contributed by atoms with Gasteiger partial charge in [0.05, 0.1) is 12.2 Å². The molecule has 0 amide bonds. The van der Waals surface area contributed by atoms with Gasteiger partial charge in [-0.25, -0.2) is 20.1 Å². The molecule has 1 unspecified atom stereocenters. The fourth-order valence-electron chi connectivity index (χ4n) is 2.12. The Bertz CT molecular complexity index is 650. The van der Waals surface area contributed by atoms with Crippen molar-refractivity contribution in [3.05, 3.63) is 59.2 Å². The Balaban J connectivity index is 2.10. The van der Waals surface area contributed by atoms with Crippen LogP contribution in [-0.2, 0) is 9.57 Å². The highest BCUT2D eigenvalue weighted by Gasteiger charge is 2.22. The zero-order chi connectivity index (χ0) is 16.7. The number of hydroxylamine groups is 1. The molecule has 1 aliphatic heterocycles. The summed E-state index contributed by atoms with van der Waals surface area (Å²) >= 11 is 0. The molecular formula is C17H20N2O4. The van der Waals surface area contributed by atoms with Crippen molar-refractivity contribution in [3.8, 4) is 0 Å². The van der Waals surface area contributed by atoms with E-state index in [1.54, 1.807) is 25.3 Å². The molecule has 0 spiro atoms. The monoisotopic (exact) mass is 316 g/mol. The van der Waals surface area contributed by atoms with Crippen LogP contribution in [0, 0.1) is 0 Å². The highest BCUT2D eigenvalue weighted by molar-refractivity contribution is 6.01. The van der Waals surface area contributed by atoms with Gasteiger partial charge in [-0.1, -0.05) is 30.4 Å². The number of carboxylic acids is 1. The summed E-state index contributed by atoms with van der Waals surface area (Å²) in [5, 5.41) is 9.05. The molecule has 0 saturated carbocycles. The number of hydrogen-bond donors (Lipinski definition) is 2. The Labute approximate surface area is 135 Å². The third-order valence-electron chi connectivity index (χ3n) is 3.37. The molecule has 23 heavy (non-hydrogen) atoms. The van der Waals surface area contributed by atoms with Crippen molar-refractivity contribution >= 4 is 11.8 Å². The normalized spacial score (nSPS) is 18.1. The maximum Gasteiger partial charge on any atom is 0.335 e. The fourth-order valence-corrected chi connectivity index (χ4v) is 2.12. The minimum absolute atomic E-state index is 0.212. The summed E-state index contributed by atoms with van der Waals surface area (Å²) in [5.41, 5.74) is 4.67. The first-order valence-electron chi connectivity index (χ1n) is 7.28. The molecule has 2 rings (SSSR count). The summed E-state index contributed by atoms with van der Waals surface area (Å²) in [5.74, 6) is -0.446. The lowest BCUT2D eigenvalue weighted by molar-refractivity contribution is 0.0595. The molecule has 0 saturated heterocycles. The second-order valence-corrected chi connectivity index (χ2v) is 4.93. The molecule has 0 bridgehead atoms. The summed E-state index contributed by atoms with van der Waals surface area (Å²) in [6.45, 7) is 2.50. The Morgan fingerprint density at radius 3 is 3.00 bits per heavy atom. The second-order valence-electron chi connectivity index (χ2n) is 4.93. The summed E-state index contributed by atoms with van der Waals surface area (Å²) in [6, 6.07) is 6.57. The third-order valence-corrected chi connectivity index (χ3v) is 3.37. The summed E-state index contributed by atoms with van der Waals surface area (Å²) in [6.07, 6.45) is 6.19. The number of carbonyl (C=O) groups is 1. The average molecular weight is 316 g/mol. The molecule has 0 aliphatic carbocycles. The molecule has 1 atom stereocenters. The molecule has 2 N–H and O–H groups in total. The first-order valence-corrected chi connectivity index (χ1v) is 7.28. The lowest BCUT2D eigenvalue weighted by Crippen LogP contribution is -2.20. The average Bonchev–Trinajstić information content (AvgIpc) is 3.05. The minimum atomic E-state index is -0.972. The standard InChI is InChI=1S/C17H20N2O4/c1-3-12(7-4-5-10-22-2)16-18-15(19-23-16)13-8-6-9-14(11-13)17(20)21/h3-6,8-9,11,16H,7,10H2,1-2H3,(H,18,19)(H,20,21)/b5-4-,12-3+. The predicted octanol–water partition coefficient (Wildman–Crippen LogP) is 2.53. The highest BCUT2D eigenvalue weighted by Crippen LogP contribution is 2.19. The van der Waals surface area contributed by atoms with E-state index in [-0.39, 0.29) is 5.56 Å². The van der Waals surface area contributed by atoms with E-state index in [1.165, 1.54) is 6.07 Å². The van der Waals surface area contributed by atoms with Crippen LogP contribution in [0.15, 0.2) is 53.1 Å². The maximum atomic E-state index is 11.0. The van der Waals surface area contributed by atoms with Crippen molar-refractivity contribution < 1.29 is 19.5 Å². The Kier molecular flexibility index (Phi) is 6.08. The fraction of sp³-hybridized carbons (Fsp3) is 0.294. The lowest BCUT2D eigenvalue weighted by Gasteiger charge is -2.08. The zero-order valence-electron chi connectivity index (χ0n) is 13.2. The first kappa shape index (κ1) is 16.9. The summed E-state index contributed by atoms with van der Waals surface area (Å²) < 4.78 is 4.96. The van der Waals surface area contributed by atoms with E-state index >= 15 is 0 Å². The van der Waals surface area contributed by atoms with Crippen LogP contribution in [-0.4, -0.2) is 36.9 Å². The van der Waals surface area contributed by atoms with Crippen molar-refractivity contribution in [2.45, 2.75) is 19.6 Å². The largest absolute Gasteiger partial charge is 0.478 e. The topological polar surface area (TPSA) is 80.2 Å². The summed E-state index contributed by atoms with van der Waals surface area (Å²) in [4.78, 5) is 21.0. The van der Waals surface area contributed by atoms with E-state index in [0.717, 1.165) is 5.57 Å². The maximum absolute atomic E-state index is 11.0. The van der Waals surface area contributed by atoms with Crippen LogP contribution < -0.4 is 5.48 Å². The molecule has 0 fully saturated rings. The lowest BCUT2D eigenvalue weighted by atomic mass is 10.1. The number of hydrogen-bond acceptors (Lipinski definition) is 5. The van der Waals surface area contributed by atoms with E-state index in [1.807, 2.05) is 25.2 Å². The van der Waals surface area contributed by atoms with E-state index in [2.05, 4.69) is 10.5 Å². The van der Waals surface area contributed by atoms with Gasteiger partial charge in [0.2, 0.25) is 0 Å². The summed E-state index contributed by atoms with van der Waals surface area (Å²) in [7, 11) is 1.65. The molecule has 122 valence electrons. The van der Waals surface area contributed by atoms with Gasteiger partial charge in [0, 0.05) is 12.7 Å². The third kappa shape index (κ3) is 4.51. The molecule has 0 radical (unpaired) electrons. The van der Waals surface area contributed by atoms with Crippen LogP contribution in [0.5, 0.6) is 0 Å². The number of ether oxygens (including phenoxy) is 1. The van der Waals surface area contributed by atoms with Gasteiger partial charge < -0.3 is 9.84 Å². The van der Waals surface area contributed by atoms with Gasteiger partial charge in [-0.3, -0.25) is 0 Å². The van der Waals surface area contributed by atoms with Gasteiger partial charge in [0.1, 0.15) is 0 Å². The molecule has 1 aliphatic rings. The number of allylic oxidation sites excluding steroid dienone is 2. The van der Waals surface area contributed by atoms with Gasteiger partial charge in [0.15, 0.2) is 12.1 Å². The number of nitrogens with zero attached hydrogens (tertiary/aromatic N) is 1.